The minimum Gasteiger partial charge on any atom is -0.487 e. The molecule has 2 rings (SSSR count). The van der Waals surface area contributed by atoms with Gasteiger partial charge in [0.15, 0.2) is 0 Å². The van der Waals surface area contributed by atoms with E-state index in [-0.39, 0.29) is 18.5 Å². The van der Waals surface area contributed by atoms with Crippen LogP contribution in [-0.2, 0) is 6.61 Å². The van der Waals surface area contributed by atoms with Crippen LogP contribution in [-0.4, -0.2) is 34.9 Å². The van der Waals surface area contributed by atoms with E-state index in [0.29, 0.717) is 27.7 Å². The van der Waals surface area contributed by atoms with E-state index in [1.807, 2.05) is 13.0 Å². The highest BCUT2D eigenvalue weighted by atomic mass is 35.5. The number of nitrogen functional groups attached to an aromatic ring is 1. The molecule has 0 bridgehead atoms. The summed E-state index contributed by atoms with van der Waals surface area (Å²) in [5.74, 6) is 0.571. The molecule has 23 heavy (non-hydrogen) atoms. The second-order valence-corrected chi connectivity index (χ2v) is 5.80. The number of carbonyl (C=O) groups is 1. The number of ether oxygens (including phenoxy) is 1. The fourth-order valence-corrected chi connectivity index (χ4v) is 2.24. The van der Waals surface area contributed by atoms with Gasteiger partial charge >= 0.3 is 0 Å². The van der Waals surface area contributed by atoms with Crippen molar-refractivity contribution in [2.24, 2.45) is 0 Å². The number of anilines is 1. The molecule has 0 aliphatic rings. The van der Waals surface area contributed by atoms with Crippen molar-refractivity contribution in [2.45, 2.75) is 20.5 Å². The first-order valence-corrected chi connectivity index (χ1v) is 7.41. The van der Waals surface area contributed by atoms with Gasteiger partial charge in [-0.05, 0) is 37.6 Å². The zero-order chi connectivity index (χ0) is 17.1. The summed E-state index contributed by atoms with van der Waals surface area (Å²) in [6.45, 7) is 3.73. The number of nitrogens with two attached hydrogens (primary N) is 1. The van der Waals surface area contributed by atoms with Crippen LogP contribution in [0.1, 0.15) is 27.3 Å². The van der Waals surface area contributed by atoms with Gasteiger partial charge in [-0.1, -0.05) is 11.6 Å². The lowest BCUT2D eigenvalue weighted by atomic mass is 10.1. The lowest BCUT2D eigenvalue weighted by Crippen LogP contribution is -2.26. The monoisotopic (exact) mass is 334 g/mol. The highest BCUT2D eigenvalue weighted by Crippen LogP contribution is 2.23. The molecule has 0 fully saturated rings. The number of aromatic nitrogens is 2. The highest BCUT2D eigenvalue weighted by Gasteiger charge is 2.20. The Morgan fingerprint density at radius 2 is 2.00 bits per heavy atom. The zero-order valence-corrected chi connectivity index (χ0v) is 14.3. The number of halogens is 1. The van der Waals surface area contributed by atoms with Crippen molar-refractivity contribution < 1.29 is 9.53 Å². The summed E-state index contributed by atoms with van der Waals surface area (Å²) in [6, 6.07) is 5.35. The fraction of sp³-hybridized carbons (Fsp3) is 0.312. The Hall–Kier alpha value is -2.34. The van der Waals surface area contributed by atoms with E-state index < -0.39 is 0 Å². The average Bonchev–Trinajstić information content (AvgIpc) is 2.47. The number of hydrogen-bond donors (Lipinski definition) is 1. The molecule has 0 radical (unpaired) electrons. The molecule has 1 aromatic carbocycles. The lowest BCUT2D eigenvalue weighted by Gasteiger charge is -2.16. The Bertz CT molecular complexity index is 747. The molecule has 6 nitrogen and oxygen atoms in total. The second kappa shape index (κ2) is 6.83. The van der Waals surface area contributed by atoms with E-state index in [2.05, 4.69) is 9.97 Å². The van der Waals surface area contributed by atoms with Crippen LogP contribution in [0.3, 0.4) is 0 Å². The van der Waals surface area contributed by atoms with E-state index in [0.717, 1.165) is 5.56 Å². The van der Waals surface area contributed by atoms with Crippen LogP contribution >= 0.6 is 11.6 Å². The van der Waals surface area contributed by atoms with Gasteiger partial charge in [-0.2, -0.15) is 0 Å². The normalized spacial score (nSPS) is 10.5. The van der Waals surface area contributed by atoms with E-state index in [1.54, 1.807) is 33.2 Å². The van der Waals surface area contributed by atoms with Crippen molar-refractivity contribution in [1.29, 1.82) is 0 Å². The van der Waals surface area contributed by atoms with Gasteiger partial charge in [0, 0.05) is 19.1 Å². The largest absolute Gasteiger partial charge is 0.487 e. The van der Waals surface area contributed by atoms with Crippen LogP contribution in [0.25, 0.3) is 0 Å². The smallest absolute Gasteiger partial charge is 0.257 e. The highest BCUT2D eigenvalue weighted by molar-refractivity contribution is 6.31. The maximum Gasteiger partial charge on any atom is 0.257 e. The SMILES string of the molecule is Cc1cc(OCc2nc(N)nc(C)c2C(=O)N(C)C)ccc1Cl. The lowest BCUT2D eigenvalue weighted by molar-refractivity contribution is 0.0823. The van der Waals surface area contributed by atoms with Crippen molar-refractivity contribution >= 4 is 23.5 Å². The topological polar surface area (TPSA) is 81.3 Å². The summed E-state index contributed by atoms with van der Waals surface area (Å²) in [5.41, 5.74) is 8.01. The van der Waals surface area contributed by atoms with E-state index in [9.17, 15) is 4.79 Å². The van der Waals surface area contributed by atoms with Gasteiger partial charge in [0.2, 0.25) is 5.95 Å². The minimum absolute atomic E-state index is 0.115. The van der Waals surface area contributed by atoms with Crippen molar-refractivity contribution in [3.8, 4) is 5.75 Å². The molecule has 2 aromatic rings. The first-order chi connectivity index (χ1) is 10.8. The van der Waals surface area contributed by atoms with Gasteiger partial charge < -0.3 is 15.4 Å². The molecule has 0 aliphatic heterocycles. The second-order valence-electron chi connectivity index (χ2n) is 5.39. The Labute approximate surface area is 140 Å². The summed E-state index contributed by atoms with van der Waals surface area (Å²) in [6.07, 6.45) is 0. The van der Waals surface area contributed by atoms with Crippen molar-refractivity contribution in [3.63, 3.8) is 0 Å². The predicted molar refractivity (Wildman–Crippen MR) is 89.7 cm³/mol. The Morgan fingerprint density at radius 1 is 1.30 bits per heavy atom. The third-order valence-electron chi connectivity index (χ3n) is 3.31. The molecule has 0 unspecified atom stereocenters. The van der Waals surface area contributed by atoms with Gasteiger partial charge in [-0.15, -0.1) is 0 Å². The Balaban J connectivity index is 2.31. The van der Waals surface area contributed by atoms with E-state index in [4.69, 9.17) is 22.1 Å². The molecular formula is C16H19ClN4O2. The molecule has 0 saturated heterocycles. The molecule has 2 N–H and O–H groups in total. The molecule has 1 aromatic heterocycles. The molecule has 0 atom stereocenters. The minimum atomic E-state index is -0.187. The number of amides is 1. The number of carbonyl (C=O) groups excluding carboxylic acids is 1. The zero-order valence-electron chi connectivity index (χ0n) is 13.6. The molecule has 7 heteroatoms. The molecule has 0 aliphatic carbocycles. The summed E-state index contributed by atoms with van der Waals surface area (Å²) in [4.78, 5) is 22.0. The molecule has 0 saturated carbocycles. The maximum absolute atomic E-state index is 12.3. The predicted octanol–water partition coefficient (Wildman–Crippen LogP) is 2.61. The van der Waals surface area contributed by atoms with E-state index in [1.165, 1.54) is 4.90 Å². The molecule has 122 valence electrons. The number of rotatable bonds is 4. The third kappa shape index (κ3) is 3.90. The summed E-state index contributed by atoms with van der Waals surface area (Å²) < 4.78 is 5.73. The summed E-state index contributed by atoms with van der Waals surface area (Å²) >= 11 is 6.00. The van der Waals surface area contributed by atoms with Gasteiger partial charge in [0.25, 0.3) is 5.91 Å². The van der Waals surface area contributed by atoms with Crippen LogP contribution in [0.15, 0.2) is 18.2 Å². The number of hydrogen-bond acceptors (Lipinski definition) is 5. The fourth-order valence-electron chi connectivity index (χ4n) is 2.12. The van der Waals surface area contributed by atoms with Crippen molar-refractivity contribution in [2.75, 3.05) is 19.8 Å². The van der Waals surface area contributed by atoms with Gasteiger partial charge in [-0.3, -0.25) is 4.79 Å². The molecule has 1 amide bonds. The van der Waals surface area contributed by atoms with Crippen LogP contribution in [0.5, 0.6) is 5.75 Å². The standard InChI is InChI=1S/C16H19ClN4O2/c1-9-7-11(5-6-12(9)17)23-8-13-14(15(22)21(3)4)10(2)19-16(18)20-13/h5-7H,8H2,1-4H3,(H2,18,19,20). The Morgan fingerprint density at radius 3 is 2.61 bits per heavy atom. The van der Waals surface area contributed by atoms with Crippen molar-refractivity contribution in [3.05, 3.63) is 45.7 Å². The average molecular weight is 335 g/mol. The van der Waals surface area contributed by atoms with Crippen LogP contribution in [0.4, 0.5) is 5.95 Å². The summed E-state index contributed by atoms with van der Waals surface area (Å²) in [7, 11) is 3.34. The maximum atomic E-state index is 12.3. The first-order valence-electron chi connectivity index (χ1n) is 7.03. The number of nitrogens with zero attached hydrogens (tertiary/aromatic N) is 3. The van der Waals surface area contributed by atoms with Gasteiger partial charge in [0.1, 0.15) is 12.4 Å². The van der Waals surface area contributed by atoms with Crippen LogP contribution in [0.2, 0.25) is 5.02 Å². The number of benzene rings is 1. The first kappa shape index (κ1) is 17.0. The number of aryl methyl sites for hydroxylation is 2. The molecule has 0 spiro atoms. The van der Waals surface area contributed by atoms with Crippen LogP contribution < -0.4 is 10.5 Å². The third-order valence-corrected chi connectivity index (χ3v) is 3.73. The van der Waals surface area contributed by atoms with Gasteiger partial charge in [-0.25, -0.2) is 9.97 Å². The van der Waals surface area contributed by atoms with E-state index >= 15 is 0 Å². The quantitative estimate of drug-likeness (QED) is 0.929. The van der Waals surface area contributed by atoms with Crippen molar-refractivity contribution in [1.82, 2.24) is 14.9 Å². The molecular weight excluding hydrogens is 316 g/mol. The van der Waals surface area contributed by atoms with Crippen LogP contribution in [0, 0.1) is 13.8 Å². The summed E-state index contributed by atoms with van der Waals surface area (Å²) in [5, 5.41) is 0.669. The Kier molecular flexibility index (Phi) is 5.05. The molecule has 1 heterocycles. The van der Waals surface area contributed by atoms with Gasteiger partial charge in [0.05, 0.1) is 17.0 Å².